The first kappa shape index (κ1) is 21.9. The monoisotopic (exact) mass is 434 g/mol. The molecule has 0 atom stereocenters. The molecule has 0 unspecified atom stereocenters. The maximum Gasteiger partial charge on any atom is 0.131 e. The van der Waals surface area contributed by atoms with Crippen molar-refractivity contribution in [1.82, 2.24) is 0 Å². The molecule has 0 radical (unpaired) electrons. The van der Waals surface area contributed by atoms with Crippen LogP contribution in [0.25, 0.3) is 5.57 Å². The van der Waals surface area contributed by atoms with Crippen LogP contribution < -0.4 is 14.8 Å². The van der Waals surface area contributed by atoms with Gasteiger partial charge in [0.2, 0.25) is 0 Å². The van der Waals surface area contributed by atoms with Crippen molar-refractivity contribution in [2.75, 3.05) is 19.5 Å². The van der Waals surface area contributed by atoms with Crippen LogP contribution in [0.4, 0.5) is 11.4 Å². The van der Waals surface area contributed by atoms with E-state index in [4.69, 9.17) is 14.5 Å². The molecule has 164 valence electrons. The van der Waals surface area contributed by atoms with Gasteiger partial charge in [0.15, 0.2) is 0 Å². The largest absolute Gasteiger partial charge is 0.497 e. The van der Waals surface area contributed by atoms with Crippen molar-refractivity contribution >= 4 is 22.8 Å². The van der Waals surface area contributed by atoms with Gasteiger partial charge in [-0.1, -0.05) is 60.7 Å². The Balaban J connectivity index is 1.83. The first-order chi connectivity index (χ1) is 16.2. The number of aliphatic imine (C=N–C) groups is 1. The van der Waals surface area contributed by atoms with Crippen LogP contribution in [0.1, 0.15) is 11.1 Å². The van der Waals surface area contributed by atoms with E-state index in [-0.39, 0.29) is 0 Å². The van der Waals surface area contributed by atoms with Gasteiger partial charge in [-0.25, -0.2) is 4.99 Å². The van der Waals surface area contributed by atoms with Gasteiger partial charge in [0.05, 0.1) is 19.9 Å². The first-order valence-electron chi connectivity index (χ1n) is 10.7. The van der Waals surface area contributed by atoms with Crippen molar-refractivity contribution < 1.29 is 9.47 Å². The summed E-state index contributed by atoms with van der Waals surface area (Å²) in [5.74, 6) is 2.36. The number of hydrogen-bond donors (Lipinski definition) is 1. The third-order valence-corrected chi connectivity index (χ3v) is 5.14. The summed E-state index contributed by atoms with van der Waals surface area (Å²) in [4.78, 5) is 4.89. The lowest BCUT2D eigenvalue weighted by Gasteiger charge is -2.13. The minimum atomic E-state index is 0.731. The summed E-state index contributed by atoms with van der Waals surface area (Å²) in [6, 6.07) is 36.0. The fourth-order valence-corrected chi connectivity index (χ4v) is 3.42. The van der Waals surface area contributed by atoms with Crippen molar-refractivity contribution in [2.45, 2.75) is 0 Å². The molecule has 0 saturated carbocycles. The molecule has 0 heterocycles. The molecule has 33 heavy (non-hydrogen) atoms. The smallest absolute Gasteiger partial charge is 0.131 e. The van der Waals surface area contributed by atoms with Gasteiger partial charge in [-0.2, -0.15) is 0 Å². The van der Waals surface area contributed by atoms with Crippen LogP contribution in [0.2, 0.25) is 0 Å². The van der Waals surface area contributed by atoms with Crippen molar-refractivity contribution in [2.24, 2.45) is 4.99 Å². The molecule has 0 aliphatic heterocycles. The van der Waals surface area contributed by atoms with Crippen LogP contribution in [0, 0.1) is 0 Å². The lowest BCUT2D eigenvalue weighted by molar-refractivity contribution is 0.414. The highest BCUT2D eigenvalue weighted by Crippen LogP contribution is 2.28. The van der Waals surface area contributed by atoms with Crippen molar-refractivity contribution in [3.63, 3.8) is 0 Å². The summed E-state index contributed by atoms with van der Waals surface area (Å²) in [5, 5.41) is 3.47. The minimum absolute atomic E-state index is 0.731. The quantitative estimate of drug-likeness (QED) is 0.252. The van der Waals surface area contributed by atoms with Gasteiger partial charge < -0.3 is 14.8 Å². The summed E-state index contributed by atoms with van der Waals surface area (Å²) in [6.07, 6.45) is 2.07. The lowest BCUT2D eigenvalue weighted by Crippen LogP contribution is -2.10. The number of nitrogens with zero attached hydrogens (tertiary/aromatic N) is 1. The molecule has 0 spiro atoms. The van der Waals surface area contributed by atoms with Crippen LogP contribution in [0.5, 0.6) is 11.5 Å². The van der Waals surface area contributed by atoms with E-state index in [0.717, 1.165) is 45.4 Å². The van der Waals surface area contributed by atoms with E-state index >= 15 is 0 Å². The second-order valence-electron chi connectivity index (χ2n) is 7.34. The maximum atomic E-state index is 5.35. The van der Waals surface area contributed by atoms with Gasteiger partial charge in [0.1, 0.15) is 17.3 Å². The summed E-state index contributed by atoms with van der Waals surface area (Å²) in [6.45, 7) is 0. The van der Waals surface area contributed by atoms with E-state index in [1.165, 1.54) is 0 Å². The first-order valence-corrected chi connectivity index (χ1v) is 10.7. The zero-order valence-electron chi connectivity index (χ0n) is 18.7. The zero-order valence-corrected chi connectivity index (χ0v) is 18.7. The standard InChI is InChI=1S/C29H26N2O2/c1-32-26-17-13-22(14-18-26)28(23-15-19-27(33-2)20-16-23)21-29(30-24-9-5-3-6-10-24)31-25-11-7-4-8-12-25/h3-21H,1-2H3,(H,30,31). The Labute approximate surface area is 194 Å². The molecule has 1 N–H and O–H groups in total. The highest BCUT2D eigenvalue weighted by molar-refractivity contribution is 6.10. The Morgan fingerprint density at radius 2 is 1.12 bits per heavy atom. The summed E-state index contributed by atoms with van der Waals surface area (Å²) in [5.41, 5.74) is 4.97. The molecule has 4 rings (SSSR count). The Morgan fingerprint density at radius 1 is 0.636 bits per heavy atom. The van der Waals surface area contributed by atoms with Crippen molar-refractivity contribution in [3.05, 3.63) is 126 Å². The molecule has 0 bridgehead atoms. The van der Waals surface area contributed by atoms with Crippen LogP contribution >= 0.6 is 0 Å². The number of rotatable bonds is 7. The Morgan fingerprint density at radius 3 is 1.61 bits per heavy atom. The molecule has 0 aliphatic carbocycles. The highest BCUT2D eigenvalue weighted by atomic mass is 16.5. The normalized spacial score (nSPS) is 10.9. The molecule has 4 heteroatoms. The fraction of sp³-hybridized carbons (Fsp3) is 0.0690. The molecular weight excluding hydrogens is 408 g/mol. The van der Waals surface area contributed by atoms with Gasteiger partial charge in [-0.05, 0) is 71.3 Å². The zero-order chi connectivity index (χ0) is 22.9. The number of hydrogen-bond acceptors (Lipinski definition) is 3. The minimum Gasteiger partial charge on any atom is -0.497 e. The number of ether oxygens (including phenoxy) is 2. The van der Waals surface area contributed by atoms with E-state index in [0.29, 0.717) is 0 Å². The van der Waals surface area contributed by atoms with E-state index in [9.17, 15) is 0 Å². The third kappa shape index (κ3) is 5.89. The summed E-state index contributed by atoms with van der Waals surface area (Å²) in [7, 11) is 3.34. The predicted molar refractivity (Wildman–Crippen MR) is 137 cm³/mol. The van der Waals surface area contributed by atoms with Gasteiger partial charge in [-0.15, -0.1) is 0 Å². The van der Waals surface area contributed by atoms with E-state index in [1.54, 1.807) is 14.2 Å². The molecule has 0 saturated heterocycles. The highest BCUT2D eigenvalue weighted by Gasteiger charge is 2.09. The molecule has 0 amide bonds. The fourth-order valence-electron chi connectivity index (χ4n) is 3.42. The number of para-hydroxylation sites is 2. The summed E-state index contributed by atoms with van der Waals surface area (Å²) >= 11 is 0. The number of nitrogens with one attached hydrogen (secondary N) is 1. The Hall–Kier alpha value is -4.31. The lowest BCUT2D eigenvalue weighted by atomic mass is 9.97. The Bertz CT molecular complexity index is 1160. The third-order valence-electron chi connectivity index (χ3n) is 5.14. The summed E-state index contributed by atoms with van der Waals surface area (Å²) < 4.78 is 10.7. The van der Waals surface area contributed by atoms with E-state index in [2.05, 4.69) is 35.7 Å². The average Bonchev–Trinajstić information content (AvgIpc) is 2.88. The van der Waals surface area contributed by atoms with Crippen LogP contribution in [0.3, 0.4) is 0 Å². The topological polar surface area (TPSA) is 42.8 Å². The molecule has 4 aromatic rings. The molecule has 0 fully saturated rings. The van der Waals surface area contributed by atoms with Crippen LogP contribution in [0.15, 0.2) is 120 Å². The SMILES string of the molecule is COc1ccc(C(=CC(=Nc2ccccc2)Nc2ccccc2)c2ccc(OC)cc2)cc1. The number of amidine groups is 1. The Kier molecular flexibility index (Phi) is 7.18. The van der Waals surface area contributed by atoms with Crippen LogP contribution in [-0.2, 0) is 0 Å². The second kappa shape index (κ2) is 10.8. The number of anilines is 1. The van der Waals surface area contributed by atoms with Gasteiger partial charge in [0, 0.05) is 5.69 Å². The van der Waals surface area contributed by atoms with Gasteiger partial charge >= 0.3 is 0 Å². The van der Waals surface area contributed by atoms with Gasteiger partial charge in [0.25, 0.3) is 0 Å². The van der Waals surface area contributed by atoms with E-state index < -0.39 is 0 Å². The van der Waals surface area contributed by atoms with Crippen molar-refractivity contribution in [1.29, 1.82) is 0 Å². The van der Waals surface area contributed by atoms with Gasteiger partial charge in [-0.3, -0.25) is 0 Å². The number of methoxy groups -OCH3 is 2. The van der Waals surface area contributed by atoms with Crippen molar-refractivity contribution in [3.8, 4) is 11.5 Å². The van der Waals surface area contributed by atoms with E-state index in [1.807, 2.05) is 84.9 Å². The molecular formula is C29H26N2O2. The van der Waals surface area contributed by atoms with Crippen LogP contribution in [-0.4, -0.2) is 20.1 Å². The molecule has 4 nitrogen and oxygen atoms in total. The molecule has 4 aromatic carbocycles. The predicted octanol–water partition coefficient (Wildman–Crippen LogP) is 6.98. The molecule has 0 aromatic heterocycles. The molecule has 0 aliphatic rings. The average molecular weight is 435 g/mol. The maximum absolute atomic E-state index is 5.35. The number of benzene rings is 4. The second-order valence-corrected chi connectivity index (χ2v) is 7.34.